The molecule has 8 heteroatoms. The SMILES string of the molecule is Cn1cc(/C=C2\SC(=S)N(NC(=O)c3cccc(Cl)c3)C2=O)c2ccccc21. The number of rotatable bonds is 3. The first kappa shape index (κ1) is 18.7. The molecule has 1 aromatic heterocycles. The summed E-state index contributed by atoms with van der Waals surface area (Å²) in [4.78, 5) is 25.7. The van der Waals surface area contributed by atoms with Gasteiger partial charge in [-0.25, -0.2) is 0 Å². The third kappa shape index (κ3) is 3.44. The fourth-order valence-electron chi connectivity index (χ4n) is 2.99. The van der Waals surface area contributed by atoms with Gasteiger partial charge >= 0.3 is 0 Å². The predicted octanol–water partition coefficient (Wildman–Crippen LogP) is 4.38. The van der Waals surface area contributed by atoms with Crippen molar-refractivity contribution in [1.29, 1.82) is 0 Å². The first-order valence-corrected chi connectivity index (χ1v) is 9.93. The number of hydrazine groups is 1. The Labute approximate surface area is 175 Å². The minimum Gasteiger partial charge on any atom is -0.350 e. The summed E-state index contributed by atoms with van der Waals surface area (Å²) in [5.74, 6) is -0.816. The second kappa shape index (κ2) is 7.43. The Morgan fingerprint density at radius 2 is 2.00 bits per heavy atom. The quantitative estimate of drug-likeness (QED) is 0.498. The van der Waals surface area contributed by atoms with Crippen molar-refractivity contribution in [3.05, 3.63) is 75.8 Å². The number of hydrogen-bond donors (Lipinski definition) is 1. The number of halogens is 1. The average Bonchev–Trinajstić information content (AvgIpc) is 3.13. The molecule has 2 amide bonds. The topological polar surface area (TPSA) is 54.3 Å². The van der Waals surface area contributed by atoms with Gasteiger partial charge in [0.1, 0.15) is 0 Å². The van der Waals surface area contributed by atoms with Gasteiger partial charge in [-0.3, -0.25) is 15.0 Å². The Morgan fingerprint density at radius 1 is 1.21 bits per heavy atom. The molecule has 2 heterocycles. The van der Waals surface area contributed by atoms with E-state index in [2.05, 4.69) is 5.43 Å². The number of hydrogen-bond acceptors (Lipinski definition) is 4. The van der Waals surface area contributed by atoms with Crippen LogP contribution in [0.1, 0.15) is 15.9 Å². The van der Waals surface area contributed by atoms with Crippen molar-refractivity contribution >= 4 is 68.7 Å². The number of thioether (sulfide) groups is 1. The van der Waals surface area contributed by atoms with Crippen molar-refractivity contribution in [3.63, 3.8) is 0 Å². The van der Waals surface area contributed by atoms with Crippen LogP contribution < -0.4 is 5.43 Å². The van der Waals surface area contributed by atoms with Gasteiger partial charge in [-0.1, -0.05) is 47.6 Å². The number of fused-ring (bicyclic) bond motifs is 1. The molecule has 0 atom stereocenters. The Bertz CT molecular complexity index is 1170. The number of amides is 2. The van der Waals surface area contributed by atoms with Gasteiger partial charge in [-0.2, -0.15) is 5.01 Å². The van der Waals surface area contributed by atoms with E-state index in [0.29, 0.717) is 15.5 Å². The van der Waals surface area contributed by atoms with E-state index < -0.39 is 5.91 Å². The van der Waals surface area contributed by atoms with Gasteiger partial charge in [0.2, 0.25) is 0 Å². The van der Waals surface area contributed by atoms with Crippen LogP contribution in [0.15, 0.2) is 59.6 Å². The number of thiocarbonyl (C=S) groups is 1. The number of nitrogens with one attached hydrogen (secondary N) is 1. The van der Waals surface area contributed by atoms with Crippen molar-refractivity contribution in [2.75, 3.05) is 0 Å². The summed E-state index contributed by atoms with van der Waals surface area (Å²) in [6, 6.07) is 14.4. The zero-order valence-electron chi connectivity index (χ0n) is 14.7. The summed E-state index contributed by atoms with van der Waals surface area (Å²) in [5.41, 5.74) is 4.89. The van der Waals surface area contributed by atoms with Gasteiger partial charge in [0.15, 0.2) is 4.32 Å². The lowest BCUT2D eigenvalue weighted by atomic mass is 10.1. The van der Waals surface area contributed by atoms with E-state index in [0.717, 1.165) is 33.2 Å². The number of benzene rings is 2. The van der Waals surface area contributed by atoms with Gasteiger partial charge in [0.05, 0.1) is 4.91 Å². The molecule has 5 nitrogen and oxygen atoms in total. The van der Waals surface area contributed by atoms with Crippen LogP contribution in [0.4, 0.5) is 0 Å². The highest BCUT2D eigenvalue weighted by Gasteiger charge is 2.34. The zero-order chi connectivity index (χ0) is 19.8. The molecule has 28 heavy (non-hydrogen) atoms. The molecule has 140 valence electrons. The second-order valence-electron chi connectivity index (χ2n) is 6.18. The maximum absolute atomic E-state index is 12.8. The highest BCUT2D eigenvalue weighted by Crippen LogP contribution is 2.33. The first-order valence-electron chi connectivity index (χ1n) is 8.32. The predicted molar refractivity (Wildman–Crippen MR) is 117 cm³/mol. The molecule has 1 fully saturated rings. The van der Waals surface area contributed by atoms with Crippen molar-refractivity contribution in [2.24, 2.45) is 7.05 Å². The molecule has 3 aromatic rings. The smallest absolute Gasteiger partial charge is 0.285 e. The Hall–Kier alpha value is -2.61. The van der Waals surface area contributed by atoms with E-state index in [1.54, 1.807) is 24.3 Å². The molecule has 0 spiro atoms. The highest BCUT2D eigenvalue weighted by molar-refractivity contribution is 8.26. The fraction of sp³-hybridized carbons (Fsp3) is 0.0500. The van der Waals surface area contributed by atoms with E-state index in [9.17, 15) is 9.59 Å². The minimum absolute atomic E-state index is 0.270. The van der Waals surface area contributed by atoms with E-state index in [-0.39, 0.29) is 10.2 Å². The summed E-state index contributed by atoms with van der Waals surface area (Å²) in [5, 5.41) is 2.58. The summed E-state index contributed by atoms with van der Waals surface area (Å²) >= 11 is 12.4. The molecule has 0 unspecified atom stereocenters. The fourth-order valence-corrected chi connectivity index (χ4v) is 4.35. The van der Waals surface area contributed by atoms with Crippen LogP contribution in [0.5, 0.6) is 0 Å². The molecule has 1 aliphatic rings. The van der Waals surface area contributed by atoms with Crippen molar-refractivity contribution < 1.29 is 9.59 Å². The molecule has 0 bridgehead atoms. The molecule has 2 aromatic carbocycles. The Balaban J connectivity index is 1.60. The van der Waals surface area contributed by atoms with E-state index >= 15 is 0 Å². The maximum Gasteiger partial charge on any atom is 0.285 e. The summed E-state index contributed by atoms with van der Waals surface area (Å²) in [6.45, 7) is 0. The zero-order valence-corrected chi connectivity index (χ0v) is 17.1. The van der Waals surface area contributed by atoms with Crippen LogP contribution in [0.3, 0.4) is 0 Å². The molecule has 0 radical (unpaired) electrons. The number of nitrogens with zero attached hydrogens (tertiary/aromatic N) is 2. The van der Waals surface area contributed by atoms with Gasteiger partial charge in [0.25, 0.3) is 11.8 Å². The Morgan fingerprint density at radius 3 is 2.79 bits per heavy atom. The number of carbonyl (C=O) groups excluding carboxylic acids is 2. The number of carbonyl (C=O) groups is 2. The van der Waals surface area contributed by atoms with Crippen LogP contribution in [-0.2, 0) is 11.8 Å². The lowest BCUT2D eigenvalue weighted by molar-refractivity contribution is -0.123. The summed E-state index contributed by atoms with van der Waals surface area (Å²) < 4.78 is 2.27. The average molecular weight is 428 g/mol. The minimum atomic E-state index is -0.454. The van der Waals surface area contributed by atoms with Crippen molar-refractivity contribution in [3.8, 4) is 0 Å². The van der Waals surface area contributed by atoms with Crippen LogP contribution in [-0.4, -0.2) is 25.7 Å². The molecule has 0 saturated carbocycles. The molecule has 1 aliphatic heterocycles. The number of aryl methyl sites for hydroxylation is 1. The number of para-hydroxylation sites is 1. The monoisotopic (exact) mass is 427 g/mol. The first-order chi connectivity index (χ1) is 13.4. The second-order valence-corrected chi connectivity index (χ2v) is 8.29. The van der Waals surface area contributed by atoms with Crippen LogP contribution in [0.2, 0.25) is 5.02 Å². The third-order valence-corrected chi connectivity index (χ3v) is 5.85. The molecule has 4 rings (SSSR count). The number of aromatic nitrogens is 1. The Kier molecular flexibility index (Phi) is 4.97. The summed E-state index contributed by atoms with van der Waals surface area (Å²) in [7, 11) is 1.95. The van der Waals surface area contributed by atoms with E-state index in [1.807, 2.05) is 42.1 Å². The van der Waals surface area contributed by atoms with E-state index in [4.69, 9.17) is 23.8 Å². The maximum atomic E-state index is 12.8. The van der Waals surface area contributed by atoms with E-state index in [1.165, 1.54) is 6.07 Å². The summed E-state index contributed by atoms with van der Waals surface area (Å²) in [6.07, 6.45) is 3.76. The van der Waals surface area contributed by atoms with Gasteiger partial charge in [-0.15, -0.1) is 0 Å². The standard InChI is InChI=1S/C20H14ClN3O2S2/c1-23-11-13(15-7-2-3-8-16(15)23)10-17-19(26)24(20(27)28-17)22-18(25)12-5-4-6-14(21)9-12/h2-11H,1H3,(H,22,25)/b17-10-. The van der Waals surface area contributed by atoms with Crippen LogP contribution in [0.25, 0.3) is 17.0 Å². The van der Waals surface area contributed by atoms with Crippen LogP contribution in [0, 0.1) is 0 Å². The molecule has 0 aliphatic carbocycles. The van der Waals surface area contributed by atoms with Gasteiger partial charge in [-0.05, 0) is 42.6 Å². The molecular formula is C20H14ClN3O2S2. The van der Waals surface area contributed by atoms with Crippen molar-refractivity contribution in [1.82, 2.24) is 15.0 Å². The molecule has 1 saturated heterocycles. The van der Waals surface area contributed by atoms with Gasteiger partial charge in [0, 0.05) is 40.3 Å². The lowest BCUT2D eigenvalue weighted by Gasteiger charge is -2.15. The molecular weight excluding hydrogens is 414 g/mol. The van der Waals surface area contributed by atoms with Crippen molar-refractivity contribution in [2.45, 2.75) is 0 Å². The largest absolute Gasteiger partial charge is 0.350 e. The lowest BCUT2D eigenvalue weighted by Crippen LogP contribution is -2.44. The van der Waals surface area contributed by atoms with Crippen LogP contribution >= 0.6 is 35.6 Å². The third-order valence-electron chi connectivity index (χ3n) is 4.31. The normalized spacial score (nSPS) is 15.6. The van der Waals surface area contributed by atoms with Gasteiger partial charge < -0.3 is 4.57 Å². The highest BCUT2D eigenvalue weighted by atomic mass is 35.5. The molecule has 1 N–H and O–H groups in total.